The highest BCUT2D eigenvalue weighted by Crippen LogP contribution is 2.31. The monoisotopic (exact) mass is 398 g/mol. The van der Waals surface area contributed by atoms with Gasteiger partial charge in [-0.2, -0.15) is 0 Å². The van der Waals surface area contributed by atoms with E-state index in [0.717, 1.165) is 24.3 Å². The smallest absolute Gasteiger partial charge is 0.272 e. The summed E-state index contributed by atoms with van der Waals surface area (Å²) in [6.07, 6.45) is 2.04. The van der Waals surface area contributed by atoms with Crippen LogP contribution in [0.4, 0.5) is 0 Å². The summed E-state index contributed by atoms with van der Waals surface area (Å²) < 4.78 is 0. The molecule has 5 nitrogen and oxygen atoms in total. The third-order valence-electron chi connectivity index (χ3n) is 4.00. The molecule has 1 aliphatic heterocycles. The van der Waals surface area contributed by atoms with Crippen LogP contribution in [-0.4, -0.2) is 34.7 Å². The van der Waals surface area contributed by atoms with E-state index in [2.05, 4.69) is 27.8 Å². The van der Waals surface area contributed by atoms with Crippen molar-refractivity contribution in [3.05, 3.63) is 47.1 Å². The van der Waals surface area contributed by atoms with Gasteiger partial charge in [0.05, 0.1) is 5.02 Å². The van der Waals surface area contributed by atoms with Crippen LogP contribution in [0.15, 0.2) is 46.3 Å². The lowest BCUT2D eigenvalue weighted by Gasteiger charge is -2.30. The minimum absolute atomic E-state index is 0. The molecular weight excluding hydrogens is 379 g/mol. The zero-order valence-electron chi connectivity index (χ0n) is 13.7. The van der Waals surface area contributed by atoms with Crippen LogP contribution in [0, 0.1) is 0 Å². The number of rotatable bonds is 4. The highest BCUT2D eigenvalue weighted by Gasteiger charge is 2.23. The molecule has 2 aromatic rings. The predicted molar refractivity (Wildman–Crippen MR) is 103 cm³/mol. The number of hydrogen-bond donors (Lipinski definition) is 2. The molecule has 134 valence electrons. The quantitative estimate of drug-likeness (QED) is 0.823. The molecule has 1 aliphatic rings. The topological polar surface area (TPSA) is 66.9 Å². The summed E-state index contributed by atoms with van der Waals surface area (Å²) in [7, 11) is 0. The highest BCUT2D eigenvalue weighted by molar-refractivity contribution is 7.99. The number of carbonyl (C=O) groups excluding carboxylic acids is 1. The molecule has 1 fully saturated rings. The van der Waals surface area contributed by atoms with Gasteiger partial charge in [-0.1, -0.05) is 35.5 Å². The number of piperidine rings is 1. The van der Waals surface area contributed by atoms with E-state index in [1.807, 2.05) is 24.3 Å². The van der Waals surface area contributed by atoms with Crippen LogP contribution in [0.2, 0.25) is 5.02 Å². The molecule has 2 atom stereocenters. The average Bonchev–Trinajstić information content (AvgIpc) is 2.59. The van der Waals surface area contributed by atoms with Gasteiger partial charge in [0, 0.05) is 17.0 Å². The van der Waals surface area contributed by atoms with Crippen LogP contribution in [0.1, 0.15) is 30.3 Å². The number of carbonyl (C=O) groups is 1. The fraction of sp³-hybridized carbons (Fsp3) is 0.353. The fourth-order valence-electron chi connectivity index (χ4n) is 2.62. The highest BCUT2D eigenvalue weighted by atomic mass is 35.5. The van der Waals surface area contributed by atoms with E-state index in [0.29, 0.717) is 15.7 Å². The summed E-state index contributed by atoms with van der Waals surface area (Å²) in [5.74, 6) is -0.183. The molecule has 1 saturated heterocycles. The first-order chi connectivity index (χ1) is 11.6. The van der Waals surface area contributed by atoms with Gasteiger partial charge in [0.2, 0.25) is 0 Å². The van der Waals surface area contributed by atoms with Gasteiger partial charge >= 0.3 is 0 Å². The molecule has 0 saturated carbocycles. The SMILES string of the molecule is CC1NCCCC1NC(=O)c1ccc(Sc2ccccc2Cl)nn1.Cl. The van der Waals surface area contributed by atoms with Crippen molar-refractivity contribution >= 4 is 41.7 Å². The van der Waals surface area contributed by atoms with Gasteiger partial charge in [0.15, 0.2) is 5.69 Å². The Morgan fingerprint density at radius 3 is 2.76 bits per heavy atom. The summed E-state index contributed by atoms with van der Waals surface area (Å²) in [5.41, 5.74) is 0.330. The van der Waals surface area contributed by atoms with Crippen molar-refractivity contribution in [3.63, 3.8) is 0 Å². The van der Waals surface area contributed by atoms with Crippen LogP contribution in [0.5, 0.6) is 0 Å². The molecule has 25 heavy (non-hydrogen) atoms. The Balaban J connectivity index is 0.00000225. The number of amides is 1. The maximum absolute atomic E-state index is 12.3. The van der Waals surface area contributed by atoms with E-state index < -0.39 is 0 Å². The number of benzene rings is 1. The third-order valence-corrected chi connectivity index (χ3v) is 5.45. The molecular formula is C17H20Cl2N4OS. The van der Waals surface area contributed by atoms with Gasteiger partial charge in [0.1, 0.15) is 5.03 Å². The second-order valence-corrected chi connectivity index (χ2v) is 7.22. The molecule has 2 unspecified atom stereocenters. The van der Waals surface area contributed by atoms with Crippen molar-refractivity contribution in [2.75, 3.05) is 6.54 Å². The minimum atomic E-state index is -0.183. The average molecular weight is 399 g/mol. The van der Waals surface area contributed by atoms with E-state index in [1.54, 1.807) is 12.1 Å². The maximum Gasteiger partial charge on any atom is 0.272 e. The van der Waals surface area contributed by atoms with Crippen LogP contribution < -0.4 is 10.6 Å². The van der Waals surface area contributed by atoms with E-state index >= 15 is 0 Å². The van der Waals surface area contributed by atoms with Gasteiger partial charge in [-0.05, 0) is 50.6 Å². The van der Waals surface area contributed by atoms with Gasteiger partial charge in [-0.15, -0.1) is 22.6 Å². The largest absolute Gasteiger partial charge is 0.346 e. The lowest BCUT2D eigenvalue weighted by molar-refractivity contribution is 0.0913. The van der Waals surface area contributed by atoms with Gasteiger partial charge in [-0.3, -0.25) is 4.79 Å². The van der Waals surface area contributed by atoms with Crippen molar-refractivity contribution < 1.29 is 4.79 Å². The van der Waals surface area contributed by atoms with Crippen molar-refractivity contribution in [1.82, 2.24) is 20.8 Å². The Kier molecular flexibility index (Phi) is 7.50. The first-order valence-corrected chi connectivity index (χ1v) is 9.13. The van der Waals surface area contributed by atoms with Gasteiger partial charge < -0.3 is 10.6 Å². The molecule has 0 bridgehead atoms. The zero-order valence-corrected chi connectivity index (χ0v) is 16.1. The van der Waals surface area contributed by atoms with Crippen LogP contribution in [0.3, 0.4) is 0 Å². The molecule has 1 amide bonds. The van der Waals surface area contributed by atoms with E-state index in [1.165, 1.54) is 11.8 Å². The van der Waals surface area contributed by atoms with Crippen molar-refractivity contribution in [2.24, 2.45) is 0 Å². The third kappa shape index (κ3) is 5.31. The standard InChI is InChI=1S/C17H19ClN4OS.ClH/c1-11-13(6-4-10-19-11)20-17(23)14-8-9-16(22-21-14)24-15-7-3-2-5-12(15)18;/h2-3,5,7-9,11,13,19H,4,6,10H2,1H3,(H,20,23);1H. The molecule has 0 aliphatic carbocycles. The number of aromatic nitrogens is 2. The Morgan fingerprint density at radius 1 is 1.28 bits per heavy atom. The predicted octanol–water partition coefficient (Wildman–Crippen LogP) is 3.57. The number of nitrogens with one attached hydrogen (secondary N) is 2. The normalized spacial score (nSPS) is 19.8. The van der Waals surface area contributed by atoms with Crippen molar-refractivity contribution in [2.45, 2.75) is 41.8 Å². The lowest BCUT2D eigenvalue weighted by Crippen LogP contribution is -2.52. The fourth-order valence-corrected chi connectivity index (χ4v) is 3.63. The van der Waals surface area contributed by atoms with Crippen LogP contribution in [-0.2, 0) is 0 Å². The summed E-state index contributed by atoms with van der Waals surface area (Å²) in [6.45, 7) is 3.08. The Morgan fingerprint density at radius 2 is 2.08 bits per heavy atom. The second kappa shape index (κ2) is 9.38. The molecule has 0 radical (unpaired) electrons. The Labute approximate surface area is 162 Å². The van der Waals surface area contributed by atoms with Crippen molar-refractivity contribution in [1.29, 1.82) is 0 Å². The molecule has 1 aromatic carbocycles. The summed E-state index contributed by atoms with van der Waals surface area (Å²) in [6, 6.07) is 11.4. The summed E-state index contributed by atoms with van der Waals surface area (Å²) >= 11 is 7.56. The van der Waals surface area contributed by atoms with Gasteiger partial charge in [0.25, 0.3) is 5.91 Å². The zero-order chi connectivity index (χ0) is 16.9. The lowest BCUT2D eigenvalue weighted by atomic mass is 10.00. The first-order valence-electron chi connectivity index (χ1n) is 7.94. The molecule has 0 spiro atoms. The Bertz CT molecular complexity index is 714. The number of nitrogens with zero attached hydrogens (tertiary/aromatic N) is 2. The molecule has 1 aromatic heterocycles. The molecule has 2 N–H and O–H groups in total. The number of halogens is 2. The Hall–Kier alpha value is -1.34. The molecule has 3 rings (SSSR count). The van der Waals surface area contributed by atoms with E-state index in [9.17, 15) is 4.79 Å². The molecule has 2 heterocycles. The number of hydrogen-bond acceptors (Lipinski definition) is 5. The van der Waals surface area contributed by atoms with E-state index in [4.69, 9.17) is 11.6 Å². The second-order valence-electron chi connectivity index (χ2n) is 5.75. The van der Waals surface area contributed by atoms with E-state index in [-0.39, 0.29) is 30.4 Å². The van der Waals surface area contributed by atoms with Crippen LogP contribution >= 0.6 is 35.8 Å². The maximum atomic E-state index is 12.3. The minimum Gasteiger partial charge on any atom is -0.346 e. The van der Waals surface area contributed by atoms with Gasteiger partial charge in [-0.25, -0.2) is 0 Å². The molecule has 8 heteroatoms. The van der Waals surface area contributed by atoms with Crippen LogP contribution in [0.25, 0.3) is 0 Å². The first kappa shape index (κ1) is 20.0. The summed E-state index contributed by atoms with van der Waals surface area (Å²) in [5, 5.41) is 15.9. The van der Waals surface area contributed by atoms with Crippen molar-refractivity contribution in [3.8, 4) is 0 Å². The summed E-state index contributed by atoms with van der Waals surface area (Å²) in [4.78, 5) is 13.2.